The van der Waals surface area contributed by atoms with Gasteiger partial charge in [-0.2, -0.15) is 5.10 Å². The maximum Gasteiger partial charge on any atom is 0.153 e. The summed E-state index contributed by atoms with van der Waals surface area (Å²) in [6, 6.07) is 1.93. The van der Waals surface area contributed by atoms with Gasteiger partial charge in [0, 0.05) is 26.0 Å². The molecule has 0 amide bonds. The fourth-order valence-electron chi connectivity index (χ4n) is 1.94. The molecule has 2 aromatic heterocycles. The number of imidazole rings is 1. The molecule has 2 rings (SSSR count). The highest BCUT2D eigenvalue weighted by molar-refractivity contribution is 5.19. The van der Waals surface area contributed by atoms with Crippen LogP contribution in [-0.4, -0.2) is 24.4 Å². The molecule has 0 bridgehead atoms. The number of aryl methyl sites for hydroxylation is 3. The predicted octanol–water partition coefficient (Wildman–Crippen LogP) is 1.28. The second-order valence-electron chi connectivity index (χ2n) is 4.01. The van der Waals surface area contributed by atoms with Crippen LogP contribution in [0.3, 0.4) is 0 Å². The van der Waals surface area contributed by atoms with E-state index in [0.29, 0.717) is 5.82 Å². The second-order valence-corrected chi connectivity index (χ2v) is 4.01. The minimum absolute atomic E-state index is 0.665. The highest BCUT2D eigenvalue weighted by atomic mass is 16.3. The number of aromatic nitrogens is 4. The lowest BCUT2D eigenvalue weighted by Gasteiger charge is -2.12. The van der Waals surface area contributed by atoms with Crippen molar-refractivity contribution in [3.8, 4) is 0 Å². The van der Waals surface area contributed by atoms with Crippen molar-refractivity contribution >= 4 is 0 Å². The Hall–Kier alpha value is -1.62. The van der Waals surface area contributed by atoms with Gasteiger partial charge in [0.15, 0.2) is 6.10 Å². The molecule has 0 aliphatic rings. The van der Waals surface area contributed by atoms with E-state index in [9.17, 15) is 5.11 Å². The van der Waals surface area contributed by atoms with E-state index in [1.54, 1.807) is 10.9 Å². The first kappa shape index (κ1) is 11.9. The average molecular weight is 234 g/mol. The van der Waals surface area contributed by atoms with Gasteiger partial charge in [0.05, 0.1) is 11.4 Å². The Bertz CT molecular complexity index is 500. The number of nitrogens with zero attached hydrogens (tertiary/aromatic N) is 4. The molecule has 1 N–H and O–H groups in total. The van der Waals surface area contributed by atoms with E-state index >= 15 is 0 Å². The van der Waals surface area contributed by atoms with Crippen LogP contribution in [0, 0.1) is 0 Å². The van der Waals surface area contributed by atoms with Crippen LogP contribution >= 0.6 is 0 Å². The van der Waals surface area contributed by atoms with E-state index in [0.717, 1.165) is 24.4 Å². The van der Waals surface area contributed by atoms with Gasteiger partial charge in [0.1, 0.15) is 5.82 Å². The molecule has 0 spiro atoms. The van der Waals surface area contributed by atoms with Crippen molar-refractivity contribution in [3.63, 3.8) is 0 Å². The minimum atomic E-state index is -0.720. The monoisotopic (exact) mass is 234 g/mol. The van der Waals surface area contributed by atoms with Crippen LogP contribution in [0.15, 0.2) is 18.5 Å². The summed E-state index contributed by atoms with van der Waals surface area (Å²) in [6.07, 6.45) is 3.72. The van der Waals surface area contributed by atoms with Crippen molar-refractivity contribution in [1.29, 1.82) is 0 Å². The Morgan fingerprint density at radius 2 is 2.18 bits per heavy atom. The quantitative estimate of drug-likeness (QED) is 0.867. The fraction of sp³-hybridized carbons (Fsp3) is 0.500. The van der Waals surface area contributed by atoms with Crippen LogP contribution in [0.1, 0.15) is 37.2 Å². The largest absolute Gasteiger partial charge is 0.379 e. The molecule has 2 aromatic rings. The lowest BCUT2D eigenvalue weighted by atomic mass is 10.2. The predicted molar refractivity (Wildman–Crippen MR) is 64.5 cm³/mol. The third-order valence-corrected chi connectivity index (χ3v) is 2.94. The van der Waals surface area contributed by atoms with Crippen molar-refractivity contribution < 1.29 is 5.11 Å². The molecule has 0 aliphatic carbocycles. The first-order valence-electron chi connectivity index (χ1n) is 5.89. The van der Waals surface area contributed by atoms with Gasteiger partial charge in [0.25, 0.3) is 0 Å². The summed E-state index contributed by atoms with van der Waals surface area (Å²) in [4.78, 5) is 4.21. The molecule has 0 radical (unpaired) electrons. The molecule has 17 heavy (non-hydrogen) atoms. The van der Waals surface area contributed by atoms with Gasteiger partial charge in [0.2, 0.25) is 0 Å². The van der Waals surface area contributed by atoms with Crippen LogP contribution in [-0.2, 0) is 20.0 Å². The second kappa shape index (κ2) is 4.71. The first-order chi connectivity index (χ1) is 8.17. The number of aliphatic hydroxyl groups excluding tert-OH is 1. The summed E-state index contributed by atoms with van der Waals surface area (Å²) in [7, 11) is 1.84. The van der Waals surface area contributed by atoms with E-state index in [-0.39, 0.29) is 0 Å². The molecule has 0 fully saturated rings. The topological polar surface area (TPSA) is 55.9 Å². The summed E-state index contributed by atoms with van der Waals surface area (Å²) in [5.41, 5.74) is 1.76. The number of rotatable bonds is 4. The smallest absolute Gasteiger partial charge is 0.153 e. The number of aliphatic hydroxyl groups is 1. The molecule has 1 unspecified atom stereocenters. The van der Waals surface area contributed by atoms with E-state index < -0.39 is 6.10 Å². The summed E-state index contributed by atoms with van der Waals surface area (Å²) in [5, 5.41) is 14.7. The highest BCUT2D eigenvalue weighted by Gasteiger charge is 2.19. The zero-order valence-corrected chi connectivity index (χ0v) is 10.5. The van der Waals surface area contributed by atoms with Crippen molar-refractivity contribution in [2.75, 3.05) is 0 Å². The van der Waals surface area contributed by atoms with Gasteiger partial charge >= 0.3 is 0 Å². The lowest BCUT2D eigenvalue weighted by Crippen LogP contribution is -2.12. The summed E-state index contributed by atoms with van der Waals surface area (Å²) >= 11 is 0. The molecule has 1 atom stereocenters. The maximum absolute atomic E-state index is 10.3. The Morgan fingerprint density at radius 3 is 2.76 bits per heavy atom. The van der Waals surface area contributed by atoms with Gasteiger partial charge in [-0.1, -0.05) is 6.92 Å². The van der Waals surface area contributed by atoms with Crippen LogP contribution in [0.4, 0.5) is 0 Å². The summed E-state index contributed by atoms with van der Waals surface area (Å²) in [5.74, 6) is 0.665. The normalized spacial score (nSPS) is 12.9. The highest BCUT2D eigenvalue weighted by Crippen LogP contribution is 2.21. The standard InChI is InChI=1S/C12H18N4O/c1-4-9-8-10(15(3)14-9)11(17)12-13-6-7-16(12)5-2/h6-8,11,17H,4-5H2,1-3H3. The van der Waals surface area contributed by atoms with Crippen molar-refractivity contribution in [3.05, 3.63) is 35.7 Å². The van der Waals surface area contributed by atoms with Gasteiger partial charge < -0.3 is 9.67 Å². The van der Waals surface area contributed by atoms with E-state index in [1.807, 2.05) is 37.7 Å². The van der Waals surface area contributed by atoms with E-state index in [4.69, 9.17) is 0 Å². The Balaban J connectivity index is 2.36. The molecule has 0 saturated carbocycles. The third-order valence-electron chi connectivity index (χ3n) is 2.94. The van der Waals surface area contributed by atoms with Crippen molar-refractivity contribution in [2.45, 2.75) is 32.9 Å². The Kier molecular flexibility index (Phi) is 3.28. The molecule has 5 nitrogen and oxygen atoms in total. The van der Waals surface area contributed by atoms with Gasteiger partial charge in [-0.3, -0.25) is 4.68 Å². The molecule has 2 heterocycles. The number of hydrogen-bond acceptors (Lipinski definition) is 3. The third kappa shape index (κ3) is 2.10. The molecule has 92 valence electrons. The first-order valence-corrected chi connectivity index (χ1v) is 5.89. The van der Waals surface area contributed by atoms with Crippen LogP contribution in [0.5, 0.6) is 0 Å². The maximum atomic E-state index is 10.3. The van der Waals surface area contributed by atoms with Crippen molar-refractivity contribution in [1.82, 2.24) is 19.3 Å². The van der Waals surface area contributed by atoms with Crippen LogP contribution in [0.2, 0.25) is 0 Å². The number of hydrogen-bond donors (Lipinski definition) is 1. The molecule has 0 saturated heterocycles. The molecular formula is C12H18N4O. The SMILES string of the molecule is CCc1cc(C(O)c2nccn2CC)n(C)n1. The zero-order valence-electron chi connectivity index (χ0n) is 10.5. The van der Waals surface area contributed by atoms with Gasteiger partial charge in [-0.05, 0) is 19.4 Å². The van der Waals surface area contributed by atoms with Crippen LogP contribution in [0.25, 0.3) is 0 Å². The zero-order chi connectivity index (χ0) is 12.4. The molecule has 5 heteroatoms. The van der Waals surface area contributed by atoms with Crippen molar-refractivity contribution in [2.24, 2.45) is 7.05 Å². The Labute approximate surface area is 101 Å². The molecular weight excluding hydrogens is 216 g/mol. The molecule has 0 aliphatic heterocycles. The Morgan fingerprint density at radius 1 is 1.41 bits per heavy atom. The van der Waals surface area contributed by atoms with Gasteiger partial charge in [-0.15, -0.1) is 0 Å². The average Bonchev–Trinajstić information content (AvgIpc) is 2.93. The lowest BCUT2D eigenvalue weighted by molar-refractivity contribution is 0.194. The van der Waals surface area contributed by atoms with E-state index in [1.165, 1.54) is 0 Å². The van der Waals surface area contributed by atoms with Gasteiger partial charge in [-0.25, -0.2) is 4.98 Å². The summed E-state index contributed by atoms with van der Waals surface area (Å²) in [6.45, 7) is 4.87. The van der Waals surface area contributed by atoms with E-state index in [2.05, 4.69) is 10.1 Å². The van der Waals surface area contributed by atoms with Crippen LogP contribution < -0.4 is 0 Å². The fourth-order valence-corrected chi connectivity index (χ4v) is 1.94. The molecule has 0 aromatic carbocycles. The summed E-state index contributed by atoms with van der Waals surface area (Å²) < 4.78 is 3.65. The minimum Gasteiger partial charge on any atom is -0.379 e.